The number of carbonyl (C=O) groups is 1. The maximum absolute atomic E-state index is 12.8. The molecule has 118 valence electrons. The van der Waals surface area contributed by atoms with E-state index in [1.807, 2.05) is 0 Å². The number of alkyl halides is 3. The third-order valence-corrected chi connectivity index (χ3v) is 3.04. The van der Waals surface area contributed by atoms with Crippen LogP contribution < -0.4 is 5.73 Å². The van der Waals surface area contributed by atoms with Crippen molar-refractivity contribution in [2.45, 2.75) is 13.1 Å². The van der Waals surface area contributed by atoms with Crippen LogP contribution in [-0.4, -0.2) is 22.4 Å². The van der Waals surface area contributed by atoms with E-state index >= 15 is 0 Å². The highest BCUT2D eigenvalue weighted by Crippen LogP contribution is 2.33. The van der Waals surface area contributed by atoms with Gasteiger partial charge in [0.25, 0.3) is 0 Å². The average molecular weight is 334 g/mol. The molecule has 2 rings (SSSR count). The third kappa shape index (κ3) is 3.16. The molecular formula is C13H11ClF3N3O2. The summed E-state index contributed by atoms with van der Waals surface area (Å²) in [5.74, 6) is -0.764. The quantitative estimate of drug-likeness (QED) is 0.875. The maximum Gasteiger partial charge on any atom is 0.416 e. The zero-order valence-electron chi connectivity index (χ0n) is 11.3. The number of rotatable bonds is 3. The molecule has 0 saturated heterocycles. The largest absolute Gasteiger partial charge is 0.461 e. The lowest BCUT2D eigenvalue weighted by molar-refractivity contribution is -0.137. The van der Waals surface area contributed by atoms with E-state index in [1.54, 1.807) is 6.92 Å². The number of anilines is 1. The Morgan fingerprint density at radius 1 is 1.41 bits per heavy atom. The second-order valence-corrected chi connectivity index (χ2v) is 4.66. The zero-order chi connectivity index (χ0) is 16.5. The monoisotopic (exact) mass is 333 g/mol. The zero-order valence-corrected chi connectivity index (χ0v) is 12.1. The molecule has 0 fully saturated rings. The summed E-state index contributed by atoms with van der Waals surface area (Å²) in [6.45, 7) is 1.75. The van der Waals surface area contributed by atoms with Crippen LogP contribution >= 0.6 is 11.6 Å². The fourth-order valence-corrected chi connectivity index (χ4v) is 1.94. The summed E-state index contributed by atoms with van der Waals surface area (Å²) < 4.78 is 44.0. The normalized spacial score (nSPS) is 11.5. The Bertz CT molecular complexity index is 713. The molecule has 22 heavy (non-hydrogen) atoms. The van der Waals surface area contributed by atoms with Crippen molar-refractivity contribution in [3.05, 3.63) is 40.5 Å². The van der Waals surface area contributed by atoms with E-state index in [0.717, 1.165) is 22.9 Å². The standard InChI is InChI=1S/C13H11ClF3N3O2/c1-2-22-12(21)9-6-11(18)20(19-9)10-5-7(13(15,16)17)3-4-8(10)14/h3-6H,2,18H2,1H3. The van der Waals surface area contributed by atoms with Gasteiger partial charge in [0.05, 0.1) is 22.9 Å². The van der Waals surface area contributed by atoms with Gasteiger partial charge in [0.2, 0.25) is 0 Å². The Labute approximate surface area is 128 Å². The molecule has 0 bridgehead atoms. The van der Waals surface area contributed by atoms with Gasteiger partial charge in [-0.3, -0.25) is 0 Å². The van der Waals surface area contributed by atoms with Crippen molar-refractivity contribution < 1.29 is 22.7 Å². The SMILES string of the molecule is CCOC(=O)c1cc(N)n(-c2cc(C(F)(F)F)ccc2Cl)n1. The van der Waals surface area contributed by atoms with Crippen molar-refractivity contribution in [3.63, 3.8) is 0 Å². The van der Waals surface area contributed by atoms with Gasteiger partial charge in [0.15, 0.2) is 5.69 Å². The molecule has 0 aliphatic heterocycles. The molecule has 5 nitrogen and oxygen atoms in total. The van der Waals surface area contributed by atoms with Crippen LogP contribution in [0.4, 0.5) is 19.0 Å². The molecule has 0 saturated carbocycles. The number of hydrogen-bond acceptors (Lipinski definition) is 4. The predicted octanol–water partition coefficient (Wildman–Crippen LogP) is 3.30. The number of benzene rings is 1. The summed E-state index contributed by atoms with van der Waals surface area (Å²) in [5, 5.41) is 3.86. The fraction of sp³-hybridized carbons (Fsp3) is 0.231. The number of nitrogens with two attached hydrogens (primary N) is 1. The fourth-order valence-electron chi connectivity index (χ4n) is 1.74. The number of nitrogens with zero attached hydrogens (tertiary/aromatic N) is 2. The van der Waals surface area contributed by atoms with Crippen LogP contribution in [0.1, 0.15) is 23.0 Å². The molecule has 1 aromatic heterocycles. The summed E-state index contributed by atoms with van der Waals surface area (Å²) in [6, 6.07) is 3.94. The molecular weight excluding hydrogens is 323 g/mol. The van der Waals surface area contributed by atoms with Crippen LogP contribution in [0, 0.1) is 0 Å². The molecule has 0 atom stereocenters. The van der Waals surface area contributed by atoms with Gasteiger partial charge in [-0.1, -0.05) is 11.6 Å². The Hall–Kier alpha value is -2.22. The predicted molar refractivity (Wildman–Crippen MR) is 73.9 cm³/mol. The first-order valence-electron chi connectivity index (χ1n) is 6.13. The number of nitrogen functional groups attached to an aromatic ring is 1. The van der Waals surface area contributed by atoms with Gasteiger partial charge >= 0.3 is 12.1 Å². The van der Waals surface area contributed by atoms with Crippen molar-refractivity contribution in [2.24, 2.45) is 0 Å². The van der Waals surface area contributed by atoms with E-state index in [1.165, 1.54) is 6.07 Å². The molecule has 0 spiro atoms. The minimum absolute atomic E-state index is 0.0122. The first kappa shape index (κ1) is 16.2. The van der Waals surface area contributed by atoms with E-state index in [2.05, 4.69) is 5.10 Å². The van der Waals surface area contributed by atoms with Crippen molar-refractivity contribution in [1.82, 2.24) is 9.78 Å². The number of hydrogen-bond donors (Lipinski definition) is 1. The van der Waals surface area contributed by atoms with Crippen molar-refractivity contribution >= 4 is 23.4 Å². The number of ether oxygens (including phenoxy) is 1. The van der Waals surface area contributed by atoms with Gasteiger partial charge < -0.3 is 10.5 Å². The van der Waals surface area contributed by atoms with E-state index in [9.17, 15) is 18.0 Å². The molecule has 1 heterocycles. The Morgan fingerprint density at radius 3 is 2.68 bits per heavy atom. The van der Waals surface area contributed by atoms with Crippen LogP contribution in [0.3, 0.4) is 0 Å². The van der Waals surface area contributed by atoms with Gasteiger partial charge in [0, 0.05) is 6.07 Å². The van der Waals surface area contributed by atoms with Crippen LogP contribution in [0.2, 0.25) is 5.02 Å². The molecule has 0 aliphatic carbocycles. The van der Waals surface area contributed by atoms with Crippen molar-refractivity contribution in [1.29, 1.82) is 0 Å². The summed E-state index contributed by atoms with van der Waals surface area (Å²) in [7, 11) is 0. The van der Waals surface area contributed by atoms with E-state index in [-0.39, 0.29) is 28.8 Å². The van der Waals surface area contributed by atoms with Crippen LogP contribution in [0.15, 0.2) is 24.3 Å². The first-order chi connectivity index (χ1) is 10.2. The third-order valence-electron chi connectivity index (χ3n) is 2.72. The van der Waals surface area contributed by atoms with Gasteiger partial charge in [-0.2, -0.15) is 18.3 Å². The first-order valence-corrected chi connectivity index (χ1v) is 6.51. The van der Waals surface area contributed by atoms with E-state index in [4.69, 9.17) is 22.1 Å². The highest BCUT2D eigenvalue weighted by molar-refractivity contribution is 6.32. The minimum Gasteiger partial charge on any atom is -0.461 e. The van der Waals surface area contributed by atoms with Gasteiger partial charge in [0.1, 0.15) is 5.82 Å². The highest BCUT2D eigenvalue weighted by atomic mass is 35.5. The van der Waals surface area contributed by atoms with Crippen LogP contribution in [0.25, 0.3) is 5.69 Å². The van der Waals surface area contributed by atoms with Crippen LogP contribution in [-0.2, 0) is 10.9 Å². The molecule has 0 unspecified atom stereocenters. The van der Waals surface area contributed by atoms with Gasteiger partial charge in [-0.25, -0.2) is 9.48 Å². The van der Waals surface area contributed by atoms with Crippen molar-refractivity contribution in [2.75, 3.05) is 12.3 Å². The van der Waals surface area contributed by atoms with Crippen LogP contribution in [0.5, 0.6) is 0 Å². The molecule has 1 aromatic carbocycles. The smallest absolute Gasteiger partial charge is 0.416 e. The Morgan fingerprint density at radius 2 is 2.09 bits per heavy atom. The summed E-state index contributed by atoms with van der Waals surface area (Å²) in [6.07, 6.45) is -4.54. The topological polar surface area (TPSA) is 70.1 Å². The van der Waals surface area contributed by atoms with Gasteiger partial charge in [-0.15, -0.1) is 0 Å². The van der Waals surface area contributed by atoms with Crippen molar-refractivity contribution in [3.8, 4) is 5.69 Å². The summed E-state index contributed by atoms with van der Waals surface area (Å²) >= 11 is 5.90. The maximum atomic E-state index is 12.8. The van der Waals surface area contributed by atoms with E-state index < -0.39 is 17.7 Å². The average Bonchev–Trinajstić information content (AvgIpc) is 2.80. The second kappa shape index (κ2) is 5.88. The lowest BCUT2D eigenvalue weighted by Crippen LogP contribution is -2.09. The Balaban J connectivity index is 2.50. The second-order valence-electron chi connectivity index (χ2n) is 4.25. The summed E-state index contributed by atoms with van der Waals surface area (Å²) in [4.78, 5) is 11.6. The lowest BCUT2D eigenvalue weighted by Gasteiger charge is -2.11. The number of aromatic nitrogens is 2. The van der Waals surface area contributed by atoms with E-state index in [0.29, 0.717) is 0 Å². The molecule has 2 aromatic rings. The molecule has 0 aliphatic rings. The summed E-state index contributed by atoms with van der Waals surface area (Å²) in [5.41, 5.74) is 4.59. The molecule has 2 N–H and O–H groups in total. The number of halogens is 4. The van der Waals surface area contributed by atoms with Gasteiger partial charge in [-0.05, 0) is 25.1 Å². The highest BCUT2D eigenvalue weighted by Gasteiger charge is 2.31. The number of carbonyl (C=O) groups excluding carboxylic acids is 1. The molecule has 0 radical (unpaired) electrons. The lowest BCUT2D eigenvalue weighted by atomic mass is 10.2. The Kier molecular flexibility index (Phi) is 4.32. The molecule has 0 amide bonds. The molecule has 9 heteroatoms. The number of esters is 1. The minimum atomic E-state index is -4.54.